The van der Waals surface area contributed by atoms with E-state index in [1.807, 2.05) is 0 Å². The number of hydrogen-bond donors (Lipinski definition) is 2. The van der Waals surface area contributed by atoms with Crippen molar-refractivity contribution >= 4 is 22.4 Å². The van der Waals surface area contributed by atoms with Crippen LogP contribution in [0.2, 0.25) is 0 Å². The lowest BCUT2D eigenvalue weighted by Gasteiger charge is -2.09. The number of nitrogens with one attached hydrogen (secondary N) is 2. The Morgan fingerprint density at radius 3 is 2.62 bits per heavy atom. The predicted molar refractivity (Wildman–Crippen MR) is 60.9 cm³/mol. The highest BCUT2D eigenvalue weighted by atomic mass is 35.5. The Labute approximate surface area is 100 Å². The van der Waals surface area contributed by atoms with Crippen LogP contribution in [0.15, 0.2) is 23.6 Å². The average Bonchev–Trinajstić information content (AvgIpc) is 2.71. The number of nitrogens with zero attached hydrogens (tertiary/aromatic N) is 2. The van der Waals surface area contributed by atoms with Crippen molar-refractivity contribution in [1.82, 2.24) is 20.0 Å². The molecule has 0 aliphatic carbocycles. The second-order valence-electron chi connectivity index (χ2n) is 3.34. The largest absolute Gasteiger partial charge is 0.315 e. The second-order valence-corrected chi connectivity index (χ2v) is 4.95. The lowest BCUT2D eigenvalue weighted by atomic mass is 10.3. The van der Waals surface area contributed by atoms with E-state index in [0.29, 0.717) is 6.54 Å². The van der Waals surface area contributed by atoms with E-state index in [0.717, 1.165) is 13.0 Å². The zero-order valence-corrected chi connectivity index (χ0v) is 10.1. The standard InChI is InChI=1S/C8H12N4O2S.ClH/c13-15(14,8-10-3-1-4-11-8)12-7-2-5-9-6-7;/h1,3-4,7,9,12H,2,5-6H2;1H. The molecule has 1 atom stereocenters. The topological polar surface area (TPSA) is 84.0 Å². The number of sulfonamides is 1. The summed E-state index contributed by atoms with van der Waals surface area (Å²) < 4.78 is 26.0. The van der Waals surface area contributed by atoms with Crippen LogP contribution in [0, 0.1) is 0 Å². The third kappa shape index (κ3) is 3.11. The lowest BCUT2D eigenvalue weighted by Crippen LogP contribution is -2.36. The maximum Gasteiger partial charge on any atom is 0.276 e. The van der Waals surface area contributed by atoms with Gasteiger partial charge in [-0.25, -0.2) is 23.1 Å². The highest BCUT2D eigenvalue weighted by Crippen LogP contribution is 2.04. The predicted octanol–water partition coefficient (Wildman–Crippen LogP) is -0.461. The first-order valence-corrected chi connectivity index (χ1v) is 6.17. The third-order valence-corrected chi connectivity index (χ3v) is 3.50. The summed E-state index contributed by atoms with van der Waals surface area (Å²) in [6, 6.07) is 1.52. The Kier molecular flexibility index (Phi) is 4.60. The van der Waals surface area contributed by atoms with Gasteiger partial charge in [-0.2, -0.15) is 0 Å². The molecule has 16 heavy (non-hydrogen) atoms. The summed E-state index contributed by atoms with van der Waals surface area (Å²) in [5.41, 5.74) is 0. The first kappa shape index (κ1) is 13.3. The van der Waals surface area contributed by atoms with E-state index in [-0.39, 0.29) is 23.6 Å². The van der Waals surface area contributed by atoms with Gasteiger partial charge in [-0.15, -0.1) is 12.4 Å². The Morgan fingerprint density at radius 1 is 1.38 bits per heavy atom. The number of hydrogen-bond acceptors (Lipinski definition) is 5. The minimum absolute atomic E-state index is 0. The van der Waals surface area contributed by atoms with Crippen LogP contribution in [0.3, 0.4) is 0 Å². The molecule has 0 saturated carbocycles. The highest BCUT2D eigenvalue weighted by Gasteiger charge is 2.24. The van der Waals surface area contributed by atoms with Crippen LogP contribution in [0.1, 0.15) is 6.42 Å². The summed E-state index contributed by atoms with van der Waals surface area (Å²) in [5.74, 6) is 0. The molecule has 6 nitrogen and oxygen atoms in total. The summed E-state index contributed by atoms with van der Waals surface area (Å²) in [5, 5.41) is 2.91. The molecule has 0 amide bonds. The van der Waals surface area contributed by atoms with Crippen molar-refractivity contribution < 1.29 is 8.42 Å². The summed E-state index contributed by atoms with van der Waals surface area (Å²) in [6.45, 7) is 1.49. The Morgan fingerprint density at radius 2 is 2.06 bits per heavy atom. The molecule has 0 spiro atoms. The van der Waals surface area contributed by atoms with Gasteiger partial charge in [-0.3, -0.25) is 0 Å². The number of halogens is 1. The molecular formula is C8H13ClN4O2S. The molecule has 1 aromatic heterocycles. The van der Waals surface area contributed by atoms with E-state index in [9.17, 15) is 8.42 Å². The molecule has 1 fully saturated rings. The summed E-state index contributed by atoms with van der Waals surface area (Å²) in [7, 11) is -3.56. The molecule has 0 aromatic carbocycles. The smallest absolute Gasteiger partial charge is 0.276 e. The Hall–Kier alpha value is -0.760. The van der Waals surface area contributed by atoms with Gasteiger partial charge in [0.05, 0.1) is 0 Å². The first-order chi connectivity index (χ1) is 7.18. The van der Waals surface area contributed by atoms with Crippen LogP contribution in [-0.2, 0) is 10.0 Å². The van der Waals surface area contributed by atoms with Crippen LogP contribution in [0.5, 0.6) is 0 Å². The fourth-order valence-corrected chi connectivity index (χ4v) is 2.60. The minimum Gasteiger partial charge on any atom is -0.315 e. The Balaban J connectivity index is 0.00000128. The van der Waals surface area contributed by atoms with Gasteiger partial charge in [-0.1, -0.05) is 0 Å². The van der Waals surface area contributed by atoms with Crippen molar-refractivity contribution in [1.29, 1.82) is 0 Å². The van der Waals surface area contributed by atoms with E-state index in [4.69, 9.17) is 0 Å². The molecule has 8 heteroatoms. The van der Waals surface area contributed by atoms with Gasteiger partial charge in [-0.05, 0) is 19.0 Å². The van der Waals surface area contributed by atoms with Gasteiger partial charge in [0.25, 0.3) is 15.2 Å². The molecule has 1 unspecified atom stereocenters. The van der Waals surface area contributed by atoms with Crippen molar-refractivity contribution in [2.45, 2.75) is 17.6 Å². The molecule has 2 heterocycles. The second kappa shape index (κ2) is 5.53. The van der Waals surface area contributed by atoms with Crippen molar-refractivity contribution in [2.75, 3.05) is 13.1 Å². The molecule has 0 radical (unpaired) electrons. The SMILES string of the molecule is Cl.O=S(=O)(NC1CCNC1)c1ncccn1. The van der Waals surface area contributed by atoms with E-state index in [1.54, 1.807) is 6.07 Å². The van der Waals surface area contributed by atoms with Crippen LogP contribution in [0.25, 0.3) is 0 Å². The van der Waals surface area contributed by atoms with Crippen molar-refractivity contribution in [3.05, 3.63) is 18.5 Å². The maximum atomic E-state index is 11.7. The van der Waals surface area contributed by atoms with Gasteiger partial charge in [0.15, 0.2) is 0 Å². The van der Waals surface area contributed by atoms with E-state index >= 15 is 0 Å². The van der Waals surface area contributed by atoms with E-state index in [1.165, 1.54) is 12.4 Å². The van der Waals surface area contributed by atoms with Crippen molar-refractivity contribution in [3.63, 3.8) is 0 Å². The van der Waals surface area contributed by atoms with Gasteiger partial charge in [0.2, 0.25) is 0 Å². The summed E-state index contributed by atoms with van der Waals surface area (Å²) in [4.78, 5) is 7.42. The molecule has 2 N–H and O–H groups in total. The van der Waals surface area contributed by atoms with Crippen LogP contribution in [-0.4, -0.2) is 37.5 Å². The normalized spacial score (nSPS) is 20.4. The van der Waals surface area contributed by atoms with Crippen LogP contribution < -0.4 is 10.0 Å². The highest BCUT2D eigenvalue weighted by molar-refractivity contribution is 7.89. The zero-order valence-electron chi connectivity index (χ0n) is 8.46. The fourth-order valence-electron chi connectivity index (χ4n) is 1.45. The van der Waals surface area contributed by atoms with E-state index < -0.39 is 10.0 Å². The van der Waals surface area contributed by atoms with Crippen LogP contribution in [0.4, 0.5) is 0 Å². The molecule has 2 rings (SSSR count). The molecule has 1 aliphatic rings. The number of aromatic nitrogens is 2. The van der Waals surface area contributed by atoms with Gasteiger partial charge in [0.1, 0.15) is 0 Å². The number of rotatable bonds is 3. The van der Waals surface area contributed by atoms with E-state index in [2.05, 4.69) is 20.0 Å². The molecule has 0 bridgehead atoms. The fraction of sp³-hybridized carbons (Fsp3) is 0.500. The zero-order chi connectivity index (χ0) is 10.7. The van der Waals surface area contributed by atoms with Gasteiger partial charge >= 0.3 is 0 Å². The molecular weight excluding hydrogens is 252 g/mol. The average molecular weight is 265 g/mol. The molecule has 1 aromatic rings. The van der Waals surface area contributed by atoms with Crippen LogP contribution >= 0.6 is 12.4 Å². The summed E-state index contributed by atoms with van der Waals surface area (Å²) >= 11 is 0. The lowest BCUT2D eigenvalue weighted by molar-refractivity contribution is 0.551. The maximum absolute atomic E-state index is 11.7. The Bertz CT molecular complexity index is 419. The first-order valence-electron chi connectivity index (χ1n) is 4.68. The van der Waals surface area contributed by atoms with Crippen molar-refractivity contribution in [2.24, 2.45) is 0 Å². The quantitative estimate of drug-likeness (QED) is 0.722. The molecule has 1 aliphatic heterocycles. The van der Waals surface area contributed by atoms with Gasteiger partial charge in [0, 0.05) is 25.0 Å². The molecule has 90 valence electrons. The molecule has 1 saturated heterocycles. The third-order valence-electron chi connectivity index (χ3n) is 2.16. The minimum atomic E-state index is -3.56. The monoisotopic (exact) mass is 264 g/mol. The summed E-state index contributed by atoms with van der Waals surface area (Å²) in [6.07, 6.45) is 3.62. The van der Waals surface area contributed by atoms with Crippen molar-refractivity contribution in [3.8, 4) is 0 Å². The van der Waals surface area contributed by atoms with Gasteiger partial charge < -0.3 is 5.32 Å².